The van der Waals surface area contributed by atoms with Crippen LogP contribution in [0.15, 0.2) is 55.0 Å². The topological polar surface area (TPSA) is 104 Å². The molecule has 1 amide bonds. The van der Waals surface area contributed by atoms with Crippen molar-refractivity contribution < 1.29 is 4.79 Å². The molecular formula is C18H12Cl3N7O. The van der Waals surface area contributed by atoms with Gasteiger partial charge in [-0.2, -0.15) is 5.10 Å². The van der Waals surface area contributed by atoms with Crippen LogP contribution in [0.5, 0.6) is 0 Å². The second kappa shape index (κ2) is 7.75. The van der Waals surface area contributed by atoms with Crippen molar-refractivity contribution in [3.05, 3.63) is 75.8 Å². The molecule has 11 heteroatoms. The van der Waals surface area contributed by atoms with E-state index >= 15 is 0 Å². The van der Waals surface area contributed by atoms with E-state index in [0.717, 1.165) is 0 Å². The van der Waals surface area contributed by atoms with E-state index in [1.165, 1.54) is 9.36 Å². The molecule has 0 aliphatic rings. The Balaban J connectivity index is 1.70. The van der Waals surface area contributed by atoms with E-state index in [9.17, 15) is 4.79 Å². The van der Waals surface area contributed by atoms with Crippen LogP contribution in [0.4, 0.5) is 11.5 Å². The molecule has 0 fully saturated rings. The third-order valence-corrected chi connectivity index (χ3v) is 4.83. The van der Waals surface area contributed by atoms with Crippen LogP contribution in [0.3, 0.4) is 0 Å². The molecule has 29 heavy (non-hydrogen) atoms. The zero-order chi connectivity index (χ0) is 20.5. The minimum atomic E-state index is -0.721. The third kappa shape index (κ3) is 3.77. The van der Waals surface area contributed by atoms with E-state index in [-0.39, 0.29) is 5.69 Å². The number of halogens is 3. The Morgan fingerprint density at radius 2 is 1.69 bits per heavy atom. The molecule has 8 nitrogen and oxygen atoms in total. The highest BCUT2D eigenvalue weighted by molar-refractivity contribution is 6.37. The Morgan fingerprint density at radius 1 is 0.966 bits per heavy atom. The summed E-state index contributed by atoms with van der Waals surface area (Å²) in [7, 11) is 0. The Kier molecular flexibility index (Phi) is 5.14. The van der Waals surface area contributed by atoms with Gasteiger partial charge in [0.25, 0.3) is 5.91 Å². The molecule has 0 unspecified atom stereocenters. The third-order valence-electron chi connectivity index (χ3n) is 3.92. The Labute approximate surface area is 179 Å². The molecule has 4 rings (SSSR count). The molecule has 3 N–H and O–H groups in total. The van der Waals surface area contributed by atoms with Crippen molar-refractivity contribution in [1.29, 1.82) is 0 Å². The number of primary amides is 1. The number of anilines is 2. The van der Waals surface area contributed by atoms with Gasteiger partial charge >= 0.3 is 0 Å². The van der Waals surface area contributed by atoms with Gasteiger partial charge < -0.3 is 11.1 Å². The average Bonchev–Trinajstić information content (AvgIpc) is 3.30. The molecule has 0 bridgehead atoms. The summed E-state index contributed by atoms with van der Waals surface area (Å²) in [6, 6.07) is 10.2. The largest absolute Gasteiger partial charge is 0.364 e. The summed E-state index contributed by atoms with van der Waals surface area (Å²) in [6.45, 7) is 0. The Hall–Kier alpha value is -3.07. The first kappa shape index (κ1) is 19.3. The number of benzene rings is 1. The molecule has 0 spiro atoms. The summed E-state index contributed by atoms with van der Waals surface area (Å²) in [5, 5.41) is 12.8. The zero-order valence-electron chi connectivity index (χ0n) is 14.6. The van der Waals surface area contributed by atoms with E-state index in [4.69, 9.17) is 40.5 Å². The van der Waals surface area contributed by atoms with Gasteiger partial charge in [0.15, 0.2) is 17.3 Å². The molecule has 0 aliphatic heterocycles. The maximum absolute atomic E-state index is 11.9. The number of hydrogen-bond acceptors (Lipinski definition) is 5. The van der Waals surface area contributed by atoms with Gasteiger partial charge in [0.1, 0.15) is 5.69 Å². The molecule has 3 aromatic heterocycles. The van der Waals surface area contributed by atoms with Gasteiger partial charge in [-0.05, 0) is 24.3 Å². The van der Waals surface area contributed by atoms with Crippen LogP contribution in [0.25, 0.3) is 11.5 Å². The number of rotatable bonds is 5. The molecule has 0 saturated heterocycles. The van der Waals surface area contributed by atoms with Crippen LogP contribution in [0, 0.1) is 0 Å². The van der Waals surface area contributed by atoms with Crippen LogP contribution in [-0.2, 0) is 0 Å². The van der Waals surface area contributed by atoms with E-state index in [1.54, 1.807) is 55.0 Å². The fourth-order valence-corrected chi connectivity index (χ4v) is 3.44. The first-order valence-corrected chi connectivity index (χ1v) is 9.35. The number of pyridine rings is 1. The fourth-order valence-electron chi connectivity index (χ4n) is 2.66. The molecule has 4 aromatic rings. The maximum Gasteiger partial charge on any atom is 0.271 e. The number of nitrogens with two attached hydrogens (primary N) is 1. The number of nitrogens with one attached hydrogen (secondary N) is 1. The summed E-state index contributed by atoms with van der Waals surface area (Å²) < 4.78 is 2.89. The lowest BCUT2D eigenvalue weighted by Crippen LogP contribution is -2.14. The van der Waals surface area contributed by atoms with Gasteiger partial charge in [0, 0.05) is 18.5 Å². The molecule has 0 aliphatic carbocycles. The summed E-state index contributed by atoms with van der Waals surface area (Å²) >= 11 is 18.6. The van der Waals surface area contributed by atoms with Gasteiger partial charge in [-0.1, -0.05) is 40.9 Å². The highest BCUT2D eigenvalue weighted by Crippen LogP contribution is 2.30. The summed E-state index contributed by atoms with van der Waals surface area (Å²) in [5.41, 5.74) is 6.25. The molecule has 0 atom stereocenters. The van der Waals surface area contributed by atoms with Crippen molar-refractivity contribution in [2.45, 2.75) is 0 Å². The number of aromatic nitrogens is 5. The lowest BCUT2D eigenvalue weighted by Gasteiger charge is -2.06. The second-order valence-electron chi connectivity index (χ2n) is 5.85. The van der Waals surface area contributed by atoms with Gasteiger partial charge in [0.05, 0.1) is 27.0 Å². The first-order chi connectivity index (χ1) is 13.9. The normalized spacial score (nSPS) is 10.9. The molecule has 146 valence electrons. The molecule has 3 heterocycles. The quantitative estimate of drug-likeness (QED) is 0.475. The monoisotopic (exact) mass is 447 g/mol. The highest BCUT2D eigenvalue weighted by atomic mass is 35.5. The number of carbonyl (C=O) groups excluding carboxylic acids is 1. The predicted molar refractivity (Wildman–Crippen MR) is 112 cm³/mol. The smallest absolute Gasteiger partial charge is 0.271 e. The van der Waals surface area contributed by atoms with Gasteiger partial charge in [-0.15, -0.1) is 5.10 Å². The minimum Gasteiger partial charge on any atom is -0.364 e. The van der Waals surface area contributed by atoms with Crippen LogP contribution in [0.2, 0.25) is 15.1 Å². The van der Waals surface area contributed by atoms with Gasteiger partial charge in [0.2, 0.25) is 0 Å². The summed E-state index contributed by atoms with van der Waals surface area (Å²) in [4.78, 5) is 16.1. The van der Waals surface area contributed by atoms with Crippen molar-refractivity contribution in [1.82, 2.24) is 24.5 Å². The van der Waals surface area contributed by atoms with Crippen molar-refractivity contribution >= 4 is 52.2 Å². The predicted octanol–water partition coefficient (Wildman–Crippen LogP) is 4.26. The van der Waals surface area contributed by atoms with Gasteiger partial charge in [-0.3, -0.25) is 4.79 Å². The van der Waals surface area contributed by atoms with Crippen LogP contribution < -0.4 is 11.1 Å². The number of hydrogen-bond donors (Lipinski definition) is 2. The number of para-hydroxylation sites is 1. The number of carbonyl (C=O) groups is 1. The van der Waals surface area contributed by atoms with E-state index in [1.807, 2.05) is 0 Å². The number of nitrogens with zero attached hydrogens (tertiary/aromatic N) is 5. The summed E-state index contributed by atoms with van der Waals surface area (Å²) in [6.07, 6.45) is 4.84. The summed E-state index contributed by atoms with van der Waals surface area (Å²) in [5.74, 6) is 0.177. The minimum absolute atomic E-state index is 0.00593. The van der Waals surface area contributed by atoms with Crippen LogP contribution >= 0.6 is 34.8 Å². The Bertz CT molecular complexity index is 1200. The van der Waals surface area contributed by atoms with E-state index in [2.05, 4.69) is 20.5 Å². The molecule has 0 radical (unpaired) electrons. The lowest BCUT2D eigenvalue weighted by atomic mass is 10.3. The van der Waals surface area contributed by atoms with Crippen LogP contribution in [-0.4, -0.2) is 30.5 Å². The SMILES string of the molecule is NC(=O)c1nn(-c2c(Cl)cccc2Cl)cc1Nc1ccn(-c2ncccc2Cl)n1. The van der Waals surface area contributed by atoms with Crippen molar-refractivity contribution in [2.75, 3.05) is 5.32 Å². The van der Waals surface area contributed by atoms with E-state index in [0.29, 0.717) is 38.1 Å². The molecular weight excluding hydrogens is 437 g/mol. The van der Waals surface area contributed by atoms with Crippen LogP contribution in [0.1, 0.15) is 10.5 Å². The van der Waals surface area contributed by atoms with Crippen molar-refractivity contribution in [3.8, 4) is 11.5 Å². The fraction of sp³-hybridized carbons (Fsp3) is 0. The zero-order valence-corrected chi connectivity index (χ0v) is 16.8. The molecule has 1 aromatic carbocycles. The maximum atomic E-state index is 11.9. The van der Waals surface area contributed by atoms with Crippen molar-refractivity contribution in [2.24, 2.45) is 5.73 Å². The average molecular weight is 449 g/mol. The number of amides is 1. The van der Waals surface area contributed by atoms with E-state index < -0.39 is 5.91 Å². The van der Waals surface area contributed by atoms with Crippen molar-refractivity contribution in [3.63, 3.8) is 0 Å². The Morgan fingerprint density at radius 3 is 2.38 bits per heavy atom. The standard InChI is InChI=1S/C18H12Cl3N7O/c19-10-3-1-4-11(20)16(10)28-9-13(15(26-28)17(22)29)24-14-6-8-27(25-14)18-12(21)5-2-7-23-18/h1-9H,(H2,22,29)(H,24,25). The first-order valence-electron chi connectivity index (χ1n) is 8.21. The lowest BCUT2D eigenvalue weighted by molar-refractivity contribution is 0.0996. The van der Waals surface area contributed by atoms with Gasteiger partial charge in [-0.25, -0.2) is 14.3 Å². The highest BCUT2D eigenvalue weighted by Gasteiger charge is 2.19. The molecule has 0 saturated carbocycles. The second-order valence-corrected chi connectivity index (χ2v) is 7.07.